The van der Waals surface area contributed by atoms with Gasteiger partial charge in [0.2, 0.25) is 0 Å². The fourth-order valence-corrected chi connectivity index (χ4v) is 1.57. The van der Waals surface area contributed by atoms with E-state index in [4.69, 9.17) is 0 Å². The molecule has 0 radical (unpaired) electrons. The topological polar surface area (TPSA) is 21.1 Å². The maximum absolute atomic E-state index is 3.95. The first-order valence-corrected chi connectivity index (χ1v) is 4.49. The lowest BCUT2D eigenvalue weighted by Crippen LogP contribution is -2.15. The first-order valence-electron chi connectivity index (χ1n) is 3.55. The Morgan fingerprint density at radius 3 is 2.91 bits per heavy atom. The van der Waals surface area contributed by atoms with Gasteiger partial charge in [0.15, 0.2) is 0 Å². The van der Waals surface area contributed by atoms with Gasteiger partial charge in [0.1, 0.15) is 6.33 Å². The van der Waals surface area contributed by atoms with Gasteiger partial charge in [-0.25, -0.2) is 4.98 Å². The summed E-state index contributed by atoms with van der Waals surface area (Å²) in [4.78, 5) is 6.12. The predicted octanol–water partition coefficient (Wildman–Crippen LogP) is 0.941. The van der Waals surface area contributed by atoms with Crippen LogP contribution in [-0.4, -0.2) is 40.2 Å². The first-order chi connectivity index (χ1) is 5.29. The molecule has 0 amide bonds. The molecule has 0 spiro atoms. The third-order valence-corrected chi connectivity index (χ3v) is 2.14. The lowest BCUT2D eigenvalue weighted by molar-refractivity contribution is 0.437. The summed E-state index contributed by atoms with van der Waals surface area (Å²) in [5.41, 5.74) is 0. The molecule has 0 saturated carbocycles. The highest BCUT2D eigenvalue weighted by Crippen LogP contribution is 2.03. The third-order valence-electron chi connectivity index (χ3n) is 1.26. The molecule has 3 nitrogen and oxygen atoms in total. The molecule has 0 aliphatic carbocycles. The second-order valence-corrected chi connectivity index (χ2v) is 3.65. The van der Waals surface area contributed by atoms with E-state index >= 15 is 0 Å². The van der Waals surface area contributed by atoms with Gasteiger partial charge in [0.25, 0.3) is 0 Å². The molecule has 0 saturated heterocycles. The Morgan fingerprint density at radius 2 is 2.36 bits per heavy atom. The number of nitrogens with zero attached hydrogens (tertiary/aromatic N) is 3. The Hall–Kier alpha value is -0.480. The average Bonchev–Trinajstić information content (AvgIpc) is 2.39. The van der Waals surface area contributed by atoms with Crippen molar-refractivity contribution >= 4 is 11.9 Å². The molecule has 1 heterocycles. The lowest BCUT2D eigenvalue weighted by Gasteiger charge is -2.07. The van der Waals surface area contributed by atoms with E-state index < -0.39 is 0 Å². The molecule has 0 bridgehead atoms. The molecule has 11 heavy (non-hydrogen) atoms. The van der Waals surface area contributed by atoms with Gasteiger partial charge in [-0.1, -0.05) is 0 Å². The number of hydrogen-bond donors (Lipinski definition) is 0. The van der Waals surface area contributed by atoms with E-state index in [1.54, 1.807) is 18.1 Å². The van der Waals surface area contributed by atoms with Crippen molar-refractivity contribution < 1.29 is 0 Å². The third kappa shape index (κ3) is 3.43. The van der Waals surface area contributed by atoms with E-state index in [0.717, 1.165) is 12.3 Å². The fourth-order valence-electron chi connectivity index (χ4n) is 0.652. The van der Waals surface area contributed by atoms with Crippen LogP contribution in [0.2, 0.25) is 0 Å². The Labute approximate surface area is 71.5 Å². The Bertz CT molecular complexity index is 184. The summed E-state index contributed by atoms with van der Waals surface area (Å²) in [5.74, 6) is 1.10. The highest BCUT2D eigenvalue weighted by molar-refractivity contribution is 7.97. The van der Waals surface area contributed by atoms with Crippen molar-refractivity contribution in [2.75, 3.05) is 26.4 Å². The maximum atomic E-state index is 3.95. The monoisotopic (exact) mass is 171 g/mol. The smallest absolute Gasteiger partial charge is 0.105 e. The SMILES string of the molecule is CN(C)CCSn1ccnc1. The van der Waals surface area contributed by atoms with E-state index in [2.05, 4.69) is 24.0 Å². The van der Waals surface area contributed by atoms with Crippen molar-refractivity contribution in [3.8, 4) is 0 Å². The molecule has 0 aliphatic heterocycles. The molecule has 0 aromatic carbocycles. The normalized spacial score (nSPS) is 10.8. The van der Waals surface area contributed by atoms with Crippen molar-refractivity contribution in [3.05, 3.63) is 18.7 Å². The minimum absolute atomic E-state index is 1.10. The summed E-state index contributed by atoms with van der Waals surface area (Å²) in [6.07, 6.45) is 5.57. The summed E-state index contributed by atoms with van der Waals surface area (Å²) in [6.45, 7) is 1.10. The van der Waals surface area contributed by atoms with Crippen molar-refractivity contribution in [2.45, 2.75) is 0 Å². The zero-order valence-corrected chi connectivity index (χ0v) is 7.71. The van der Waals surface area contributed by atoms with Gasteiger partial charge < -0.3 is 4.90 Å². The molecule has 62 valence electrons. The van der Waals surface area contributed by atoms with Gasteiger partial charge in [-0.15, -0.1) is 0 Å². The molecule has 4 heteroatoms. The number of aromatic nitrogens is 2. The first kappa shape index (κ1) is 8.62. The number of rotatable bonds is 4. The quantitative estimate of drug-likeness (QED) is 0.673. The highest BCUT2D eigenvalue weighted by atomic mass is 32.2. The van der Waals surface area contributed by atoms with E-state index in [1.165, 1.54) is 0 Å². The molecule has 0 N–H and O–H groups in total. The second-order valence-electron chi connectivity index (χ2n) is 2.56. The second kappa shape index (κ2) is 4.41. The van der Waals surface area contributed by atoms with Crippen LogP contribution in [0.4, 0.5) is 0 Å². The molecule has 1 rings (SSSR count). The van der Waals surface area contributed by atoms with Gasteiger partial charge in [0, 0.05) is 24.7 Å². The molecule has 0 aliphatic rings. The van der Waals surface area contributed by atoms with Crippen LogP contribution in [0.1, 0.15) is 0 Å². The molecule has 1 aromatic rings. The van der Waals surface area contributed by atoms with Crippen molar-refractivity contribution in [3.63, 3.8) is 0 Å². The minimum Gasteiger partial charge on any atom is -0.309 e. The van der Waals surface area contributed by atoms with Crippen LogP contribution in [0, 0.1) is 0 Å². The zero-order chi connectivity index (χ0) is 8.10. The summed E-state index contributed by atoms with van der Waals surface area (Å²) in [5, 5.41) is 0. The molecule has 1 aromatic heterocycles. The standard InChI is InChI=1S/C7H13N3S/c1-9(2)5-6-11-10-4-3-8-7-10/h3-4,7H,5-6H2,1-2H3. The van der Waals surface area contributed by atoms with Crippen molar-refractivity contribution in [2.24, 2.45) is 0 Å². The van der Waals surface area contributed by atoms with Crippen LogP contribution in [0.5, 0.6) is 0 Å². The van der Waals surface area contributed by atoms with Gasteiger partial charge in [-0.3, -0.25) is 3.97 Å². The zero-order valence-electron chi connectivity index (χ0n) is 6.90. The van der Waals surface area contributed by atoms with Gasteiger partial charge in [-0.2, -0.15) is 0 Å². The van der Waals surface area contributed by atoms with Gasteiger partial charge in [-0.05, 0) is 26.0 Å². The average molecular weight is 171 g/mol. The van der Waals surface area contributed by atoms with Crippen LogP contribution >= 0.6 is 11.9 Å². The largest absolute Gasteiger partial charge is 0.309 e. The molecular formula is C7H13N3S. The van der Waals surface area contributed by atoms with E-state index in [-0.39, 0.29) is 0 Å². The summed E-state index contributed by atoms with van der Waals surface area (Å²) < 4.78 is 2.02. The van der Waals surface area contributed by atoms with Crippen LogP contribution in [-0.2, 0) is 0 Å². The molecule has 0 atom stereocenters. The predicted molar refractivity (Wildman–Crippen MR) is 48.6 cm³/mol. The van der Waals surface area contributed by atoms with Crippen molar-refractivity contribution in [1.82, 2.24) is 13.9 Å². The van der Waals surface area contributed by atoms with Gasteiger partial charge in [0.05, 0.1) is 0 Å². The van der Waals surface area contributed by atoms with E-state index in [0.29, 0.717) is 0 Å². The molecular weight excluding hydrogens is 158 g/mol. The van der Waals surface area contributed by atoms with Crippen LogP contribution in [0.25, 0.3) is 0 Å². The van der Waals surface area contributed by atoms with E-state index in [1.807, 2.05) is 16.5 Å². The molecule has 0 fully saturated rings. The lowest BCUT2D eigenvalue weighted by atomic mass is 10.7. The highest BCUT2D eigenvalue weighted by Gasteiger charge is 1.91. The molecule has 0 unspecified atom stereocenters. The van der Waals surface area contributed by atoms with Gasteiger partial charge >= 0.3 is 0 Å². The van der Waals surface area contributed by atoms with Crippen LogP contribution in [0.15, 0.2) is 18.7 Å². The maximum Gasteiger partial charge on any atom is 0.105 e. The van der Waals surface area contributed by atoms with Crippen LogP contribution in [0.3, 0.4) is 0 Å². The summed E-state index contributed by atoms with van der Waals surface area (Å²) >= 11 is 1.77. The van der Waals surface area contributed by atoms with E-state index in [9.17, 15) is 0 Å². The summed E-state index contributed by atoms with van der Waals surface area (Å²) in [7, 11) is 4.16. The van der Waals surface area contributed by atoms with Crippen molar-refractivity contribution in [1.29, 1.82) is 0 Å². The van der Waals surface area contributed by atoms with Crippen LogP contribution < -0.4 is 0 Å². The Kier molecular flexibility index (Phi) is 3.45. The minimum atomic E-state index is 1.10. The number of imidazole rings is 1. The Morgan fingerprint density at radius 1 is 1.55 bits per heavy atom. The fraction of sp³-hybridized carbons (Fsp3) is 0.571. The number of hydrogen-bond acceptors (Lipinski definition) is 3. The Balaban J connectivity index is 2.14. The summed E-state index contributed by atoms with van der Waals surface area (Å²) in [6, 6.07) is 0.